The molecule has 2 aliphatic heterocycles. The molecule has 0 aromatic carbocycles. The number of rotatable bonds is 5. The van der Waals surface area contributed by atoms with Gasteiger partial charge < -0.3 is 9.80 Å². The third-order valence-corrected chi connectivity index (χ3v) is 6.57. The Bertz CT molecular complexity index is 783. The lowest BCUT2D eigenvalue weighted by Gasteiger charge is -2.44. The minimum Gasteiger partial charge on any atom is -0.342 e. The van der Waals surface area contributed by atoms with Gasteiger partial charge in [0.05, 0.1) is 12.2 Å². The summed E-state index contributed by atoms with van der Waals surface area (Å²) in [7, 11) is 0. The molecule has 0 unspecified atom stereocenters. The molecule has 1 aromatic heterocycles. The van der Waals surface area contributed by atoms with Crippen molar-refractivity contribution in [3.8, 4) is 0 Å². The first-order valence-corrected chi connectivity index (χ1v) is 10.7. The summed E-state index contributed by atoms with van der Waals surface area (Å²) in [4.78, 5) is 48.7. The molecule has 4 rings (SSSR count). The van der Waals surface area contributed by atoms with Gasteiger partial charge in [0.1, 0.15) is 5.54 Å². The minimum atomic E-state index is -0.827. The second-order valence-electron chi connectivity index (χ2n) is 8.98. The number of piperidine rings is 1. The first kappa shape index (κ1) is 19.9. The quantitative estimate of drug-likeness (QED) is 0.715. The molecule has 1 saturated carbocycles. The van der Waals surface area contributed by atoms with Crippen molar-refractivity contribution in [2.24, 2.45) is 11.8 Å². The molecule has 3 fully saturated rings. The van der Waals surface area contributed by atoms with Gasteiger partial charge in [0.2, 0.25) is 5.91 Å². The van der Waals surface area contributed by atoms with Crippen LogP contribution in [0.4, 0.5) is 4.79 Å². The van der Waals surface area contributed by atoms with Gasteiger partial charge in [-0.25, -0.2) is 4.79 Å². The third-order valence-electron chi connectivity index (χ3n) is 6.57. The number of urea groups is 1. The number of carbonyl (C=O) groups excluding carboxylic acids is 3. The second-order valence-corrected chi connectivity index (χ2v) is 8.98. The number of aromatic nitrogens is 1. The molecule has 1 spiro atoms. The Hall–Kier alpha value is -2.44. The zero-order valence-corrected chi connectivity index (χ0v) is 17.3. The lowest BCUT2D eigenvalue weighted by Crippen LogP contribution is -2.58. The van der Waals surface area contributed by atoms with Crippen LogP contribution in [0, 0.1) is 11.8 Å². The molecule has 0 bridgehead atoms. The first-order valence-electron chi connectivity index (χ1n) is 10.7. The monoisotopic (exact) mass is 398 g/mol. The number of amides is 4. The summed E-state index contributed by atoms with van der Waals surface area (Å²) >= 11 is 0. The predicted molar refractivity (Wildman–Crippen MR) is 108 cm³/mol. The van der Waals surface area contributed by atoms with Gasteiger partial charge in [0.25, 0.3) is 5.91 Å². The van der Waals surface area contributed by atoms with Crippen LogP contribution in [0.1, 0.15) is 51.6 Å². The number of nitrogens with zero attached hydrogens (tertiary/aromatic N) is 4. The number of likely N-dealkylation sites (tertiary alicyclic amines) is 1. The van der Waals surface area contributed by atoms with Crippen LogP contribution in [0.25, 0.3) is 0 Å². The molecule has 2 saturated heterocycles. The fourth-order valence-corrected chi connectivity index (χ4v) is 4.69. The van der Waals surface area contributed by atoms with Gasteiger partial charge in [-0.2, -0.15) is 0 Å². The average Bonchev–Trinajstić information content (AvgIpc) is 2.84. The lowest BCUT2D eigenvalue weighted by molar-refractivity contribution is -0.145. The SMILES string of the molecule is CC(C)CN1C(=O)N(Cc2ccccn2)C(=O)C12CCN(C(=O)C1CCC1)CC2. The summed E-state index contributed by atoms with van der Waals surface area (Å²) in [6, 6.07) is 5.28. The highest BCUT2D eigenvalue weighted by Gasteiger charge is 2.58. The number of carbonyl (C=O) groups is 3. The van der Waals surface area contributed by atoms with Crippen molar-refractivity contribution in [1.82, 2.24) is 19.7 Å². The smallest absolute Gasteiger partial charge is 0.328 e. The van der Waals surface area contributed by atoms with Crippen molar-refractivity contribution in [2.75, 3.05) is 19.6 Å². The van der Waals surface area contributed by atoms with Crippen LogP contribution in [0.2, 0.25) is 0 Å². The van der Waals surface area contributed by atoms with Crippen LogP contribution < -0.4 is 0 Å². The van der Waals surface area contributed by atoms with Crippen LogP contribution in [0.5, 0.6) is 0 Å². The maximum absolute atomic E-state index is 13.5. The van der Waals surface area contributed by atoms with Gasteiger partial charge in [0, 0.05) is 31.7 Å². The molecule has 1 aliphatic carbocycles. The van der Waals surface area contributed by atoms with E-state index in [1.807, 2.05) is 23.1 Å². The number of imide groups is 1. The zero-order valence-electron chi connectivity index (χ0n) is 17.3. The highest BCUT2D eigenvalue weighted by Crippen LogP contribution is 2.39. The molecule has 0 N–H and O–H groups in total. The van der Waals surface area contributed by atoms with E-state index in [9.17, 15) is 14.4 Å². The summed E-state index contributed by atoms with van der Waals surface area (Å²) in [5.74, 6) is 0.513. The van der Waals surface area contributed by atoms with Crippen molar-refractivity contribution < 1.29 is 14.4 Å². The molecule has 156 valence electrons. The molecule has 29 heavy (non-hydrogen) atoms. The Morgan fingerprint density at radius 2 is 1.93 bits per heavy atom. The number of hydrogen-bond donors (Lipinski definition) is 0. The van der Waals surface area contributed by atoms with Gasteiger partial charge in [-0.1, -0.05) is 26.3 Å². The van der Waals surface area contributed by atoms with E-state index in [4.69, 9.17) is 0 Å². The normalized spacial score (nSPS) is 22.0. The topological polar surface area (TPSA) is 73.8 Å². The second kappa shape index (κ2) is 7.76. The first-order chi connectivity index (χ1) is 13.9. The van der Waals surface area contributed by atoms with E-state index >= 15 is 0 Å². The molecular weight excluding hydrogens is 368 g/mol. The van der Waals surface area contributed by atoms with Crippen molar-refractivity contribution in [3.05, 3.63) is 30.1 Å². The van der Waals surface area contributed by atoms with E-state index in [1.54, 1.807) is 11.1 Å². The average molecular weight is 399 g/mol. The third kappa shape index (κ3) is 3.51. The molecular formula is C22H30N4O3. The zero-order chi connectivity index (χ0) is 20.6. The Labute approximate surface area is 172 Å². The Balaban J connectivity index is 1.54. The van der Waals surface area contributed by atoms with E-state index in [-0.39, 0.29) is 36.2 Å². The molecule has 7 nitrogen and oxygen atoms in total. The molecule has 7 heteroatoms. The summed E-state index contributed by atoms with van der Waals surface area (Å²) < 4.78 is 0. The van der Waals surface area contributed by atoms with Crippen LogP contribution in [0.15, 0.2) is 24.4 Å². The maximum atomic E-state index is 13.5. The minimum absolute atomic E-state index is 0.135. The Morgan fingerprint density at radius 1 is 1.21 bits per heavy atom. The molecule has 4 amide bonds. The highest BCUT2D eigenvalue weighted by atomic mass is 16.2. The van der Waals surface area contributed by atoms with Crippen LogP contribution in [-0.4, -0.2) is 62.7 Å². The fraction of sp³-hybridized carbons (Fsp3) is 0.636. The largest absolute Gasteiger partial charge is 0.342 e. The van der Waals surface area contributed by atoms with Gasteiger partial charge in [-0.05, 0) is 43.7 Å². The molecule has 3 aliphatic rings. The van der Waals surface area contributed by atoms with Crippen LogP contribution in [-0.2, 0) is 16.1 Å². The molecule has 0 atom stereocenters. The van der Waals surface area contributed by atoms with Crippen molar-refractivity contribution in [3.63, 3.8) is 0 Å². The van der Waals surface area contributed by atoms with Crippen LogP contribution in [0.3, 0.4) is 0 Å². The number of pyridine rings is 1. The standard InChI is InChI=1S/C22H30N4O3/c1-16(2)14-26-21(29)25(15-18-8-3-4-11-23-18)20(28)22(26)9-12-24(13-10-22)19(27)17-6-5-7-17/h3-4,8,11,16-17H,5-7,9-10,12-15H2,1-2H3. The van der Waals surface area contributed by atoms with Crippen LogP contribution >= 0.6 is 0 Å². The van der Waals surface area contributed by atoms with Gasteiger partial charge in [-0.15, -0.1) is 0 Å². The lowest BCUT2D eigenvalue weighted by atomic mass is 9.81. The van der Waals surface area contributed by atoms with E-state index in [1.165, 1.54) is 4.90 Å². The van der Waals surface area contributed by atoms with E-state index in [2.05, 4.69) is 18.8 Å². The van der Waals surface area contributed by atoms with E-state index < -0.39 is 5.54 Å². The summed E-state index contributed by atoms with van der Waals surface area (Å²) in [6.07, 6.45) is 5.80. The fourth-order valence-electron chi connectivity index (χ4n) is 4.69. The van der Waals surface area contributed by atoms with Gasteiger partial charge >= 0.3 is 6.03 Å². The Kier molecular flexibility index (Phi) is 5.32. The predicted octanol–water partition coefficient (Wildman–Crippen LogP) is 2.66. The van der Waals surface area contributed by atoms with Crippen molar-refractivity contribution >= 4 is 17.8 Å². The van der Waals surface area contributed by atoms with E-state index in [0.717, 1.165) is 19.3 Å². The van der Waals surface area contributed by atoms with Crippen molar-refractivity contribution in [1.29, 1.82) is 0 Å². The summed E-state index contributed by atoms with van der Waals surface area (Å²) in [5, 5.41) is 0. The Morgan fingerprint density at radius 3 is 2.48 bits per heavy atom. The van der Waals surface area contributed by atoms with Crippen molar-refractivity contribution in [2.45, 2.75) is 58.0 Å². The molecule has 3 heterocycles. The number of hydrogen-bond acceptors (Lipinski definition) is 4. The maximum Gasteiger partial charge on any atom is 0.328 e. The molecule has 0 radical (unpaired) electrons. The van der Waals surface area contributed by atoms with E-state index in [0.29, 0.717) is 38.2 Å². The summed E-state index contributed by atoms with van der Waals surface area (Å²) in [5.41, 5.74) is -0.125. The highest BCUT2D eigenvalue weighted by molar-refractivity contribution is 6.07. The van der Waals surface area contributed by atoms with Gasteiger partial charge in [0.15, 0.2) is 0 Å². The summed E-state index contributed by atoms with van der Waals surface area (Å²) in [6.45, 7) is 5.93. The van der Waals surface area contributed by atoms with Gasteiger partial charge in [-0.3, -0.25) is 19.5 Å². The molecule has 1 aromatic rings.